The minimum absolute atomic E-state index is 0.265. The Bertz CT molecular complexity index is 1350. The Morgan fingerprint density at radius 3 is 2.69 bits per heavy atom. The molecular formula is C23H21ClN6O2. The molecule has 0 bridgehead atoms. The van der Waals surface area contributed by atoms with Gasteiger partial charge >= 0.3 is 0 Å². The number of fused-ring (bicyclic) bond motifs is 1. The highest BCUT2D eigenvalue weighted by atomic mass is 35.5. The van der Waals surface area contributed by atoms with E-state index in [4.69, 9.17) is 16.3 Å². The Hall–Kier alpha value is -3.36. The van der Waals surface area contributed by atoms with E-state index in [1.54, 1.807) is 30.7 Å². The third-order valence-corrected chi connectivity index (χ3v) is 5.87. The summed E-state index contributed by atoms with van der Waals surface area (Å²) in [4.78, 5) is 33.3. The van der Waals surface area contributed by atoms with Crippen LogP contribution in [0.5, 0.6) is 0 Å². The fourth-order valence-corrected chi connectivity index (χ4v) is 4.14. The van der Waals surface area contributed by atoms with E-state index in [0.717, 1.165) is 48.4 Å². The van der Waals surface area contributed by atoms with Crippen LogP contribution in [0, 0.1) is 6.92 Å². The van der Waals surface area contributed by atoms with Gasteiger partial charge in [-0.25, -0.2) is 4.98 Å². The van der Waals surface area contributed by atoms with Gasteiger partial charge in [0.1, 0.15) is 5.65 Å². The number of nitrogens with zero attached hydrogens (tertiary/aromatic N) is 4. The van der Waals surface area contributed by atoms with E-state index in [1.807, 2.05) is 19.1 Å². The van der Waals surface area contributed by atoms with Crippen molar-refractivity contribution in [2.45, 2.75) is 25.8 Å². The van der Waals surface area contributed by atoms with Gasteiger partial charge in [0.15, 0.2) is 0 Å². The molecule has 4 aromatic rings. The lowest BCUT2D eigenvalue weighted by atomic mass is 10.0. The summed E-state index contributed by atoms with van der Waals surface area (Å²) >= 11 is 6.57. The van der Waals surface area contributed by atoms with Crippen LogP contribution in [0.25, 0.3) is 33.4 Å². The molecule has 32 heavy (non-hydrogen) atoms. The van der Waals surface area contributed by atoms with Crippen molar-refractivity contribution in [3.63, 3.8) is 0 Å². The lowest BCUT2D eigenvalue weighted by Crippen LogP contribution is -2.28. The summed E-state index contributed by atoms with van der Waals surface area (Å²) in [7, 11) is 0. The average Bonchev–Trinajstić information content (AvgIpc) is 2.80. The Labute approximate surface area is 189 Å². The van der Waals surface area contributed by atoms with Crippen molar-refractivity contribution < 1.29 is 4.74 Å². The Morgan fingerprint density at radius 2 is 1.91 bits per heavy atom. The number of aryl methyl sites for hydroxylation is 1. The first kappa shape index (κ1) is 20.5. The van der Waals surface area contributed by atoms with E-state index in [2.05, 4.69) is 30.2 Å². The van der Waals surface area contributed by atoms with E-state index < -0.39 is 0 Å². The molecule has 4 heterocycles. The van der Waals surface area contributed by atoms with E-state index in [9.17, 15) is 4.79 Å². The minimum Gasteiger partial charge on any atom is -0.381 e. The number of nitrogens with one attached hydrogen (secondary N) is 2. The van der Waals surface area contributed by atoms with E-state index in [0.29, 0.717) is 27.7 Å². The number of aromatic nitrogens is 5. The summed E-state index contributed by atoms with van der Waals surface area (Å²) in [6.07, 6.45) is 6.80. The smallest absolute Gasteiger partial charge is 0.257 e. The highest BCUT2D eigenvalue weighted by Gasteiger charge is 2.16. The Balaban J connectivity index is 1.47. The number of pyridine rings is 1. The van der Waals surface area contributed by atoms with Crippen molar-refractivity contribution in [1.29, 1.82) is 0 Å². The fraction of sp³-hybridized carbons (Fsp3) is 0.261. The molecule has 0 saturated carbocycles. The summed E-state index contributed by atoms with van der Waals surface area (Å²) in [5, 5.41) is 4.50. The molecule has 0 radical (unpaired) electrons. The summed E-state index contributed by atoms with van der Waals surface area (Å²) in [6, 6.07) is 7.54. The van der Waals surface area contributed by atoms with Gasteiger partial charge in [-0.3, -0.25) is 14.8 Å². The zero-order valence-electron chi connectivity index (χ0n) is 17.4. The van der Waals surface area contributed by atoms with E-state index >= 15 is 0 Å². The lowest BCUT2D eigenvalue weighted by Gasteiger charge is -2.23. The van der Waals surface area contributed by atoms with Gasteiger partial charge in [0.2, 0.25) is 5.95 Å². The van der Waals surface area contributed by atoms with Crippen molar-refractivity contribution in [2.75, 3.05) is 18.5 Å². The van der Waals surface area contributed by atoms with Crippen LogP contribution in [-0.2, 0) is 4.74 Å². The number of ether oxygens (including phenoxy) is 1. The predicted molar refractivity (Wildman–Crippen MR) is 124 cm³/mol. The number of anilines is 1. The number of benzene rings is 1. The topological polar surface area (TPSA) is 106 Å². The first-order valence-electron chi connectivity index (χ1n) is 10.4. The molecule has 8 nitrogen and oxygen atoms in total. The van der Waals surface area contributed by atoms with Crippen molar-refractivity contribution in [2.24, 2.45) is 0 Å². The Morgan fingerprint density at radius 1 is 1.09 bits per heavy atom. The van der Waals surface area contributed by atoms with Crippen LogP contribution in [0.15, 0.2) is 47.7 Å². The second-order valence-corrected chi connectivity index (χ2v) is 8.13. The van der Waals surface area contributed by atoms with E-state index in [1.165, 1.54) is 0 Å². The first-order valence-corrected chi connectivity index (χ1v) is 10.8. The van der Waals surface area contributed by atoms with E-state index in [-0.39, 0.29) is 11.6 Å². The normalized spacial score (nSPS) is 14.6. The predicted octanol–water partition coefficient (Wildman–Crippen LogP) is 3.99. The van der Waals surface area contributed by atoms with Crippen LogP contribution in [0.1, 0.15) is 18.5 Å². The molecule has 0 aliphatic carbocycles. The minimum atomic E-state index is -0.265. The molecule has 0 amide bonds. The van der Waals surface area contributed by atoms with Crippen LogP contribution >= 0.6 is 11.6 Å². The van der Waals surface area contributed by atoms with Gasteiger partial charge in [0.25, 0.3) is 5.56 Å². The fourth-order valence-electron chi connectivity index (χ4n) is 3.86. The van der Waals surface area contributed by atoms with Crippen LogP contribution in [0.4, 0.5) is 5.95 Å². The lowest BCUT2D eigenvalue weighted by molar-refractivity contribution is 0.0903. The standard InChI is InChI=1S/C23H21ClN6O2/c1-13-20(26-7-6-25-13)14-2-3-17(19(24)11-14)18-10-15-12-27-23(30-21(15)29-22(18)31)28-16-4-8-32-9-5-16/h2-3,6-7,10-12,16H,4-5,8-9H2,1H3,(H2,27,28,29,30,31). The van der Waals surface area contributed by atoms with Gasteiger partial charge < -0.3 is 15.0 Å². The van der Waals surface area contributed by atoms with Gasteiger partial charge in [0.05, 0.1) is 11.4 Å². The molecule has 0 atom stereocenters. The molecule has 2 N–H and O–H groups in total. The van der Waals surface area contributed by atoms with Crippen molar-refractivity contribution in [3.05, 3.63) is 63.9 Å². The summed E-state index contributed by atoms with van der Waals surface area (Å²) < 4.78 is 5.38. The highest BCUT2D eigenvalue weighted by molar-refractivity contribution is 6.33. The number of rotatable bonds is 4. The van der Waals surface area contributed by atoms with Crippen LogP contribution in [-0.4, -0.2) is 44.2 Å². The molecule has 162 valence electrons. The molecule has 5 rings (SSSR count). The van der Waals surface area contributed by atoms with Crippen LogP contribution in [0.2, 0.25) is 5.02 Å². The van der Waals surface area contributed by atoms with Crippen molar-refractivity contribution in [1.82, 2.24) is 24.9 Å². The monoisotopic (exact) mass is 448 g/mol. The Kier molecular flexibility index (Phi) is 5.55. The second-order valence-electron chi connectivity index (χ2n) is 7.73. The quantitative estimate of drug-likeness (QED) is 0.486. The number of aromatic amines is 1. The molecular weight excluding hydrogens is 428 g/mol. The first-order chi connectivity index (χ1) is 15.6. The van der Waals surface area contributed by atoms with Gasteiger partial charge in [-0.1, -0.05) is 23.7 Å². The average molecular weight is 449 g/mol. The highest BCUT2D eigenvalue weighted by Crippen LogP contribution is 2.31. The number of hydrogen-bond acceptors (Lipinski definition) is 7. The van der Waals surface area contributed by atoms with Gasteiger partial charge in [-0.2, -0.15) is 4.98 Å². The molecule has 9 heteroatoms. The molecule has 3 aromatic heterocycles. The SMILES string of the molecule is Cc1nccnc1-c1ccc(-c2cc3cnc(NC4CCOCC4)nc3[nH]c2=O)c(Cl)c1. The summed E-state index contributed by atoms with van der Waals surface area (Å²) in [6.45, 7) is 3.34. The molecule has 1 saturated heterocycles. The summed E-state index contributed by atoms with van der Waals surface area (Å²) in [5.74, 6) is 0.495. The molecule has 1 fully saturated rings. The van der Waals surface area contributed by atoms with Crippen LogP contribution < -0.4 is 10.9 Å². The zero-order chi connectivity index (χ0) is 22.1. The largest absolute Gasteiger partial charge is 0.381 e. The van der Waals surface area contributed by atoms with Crippen molar-refractivity contribution in [3.8, 4) is 22.4 Å². The van der Waals surface area contributed by atoms with Gasteiger partial charge in [-0.15, -0.1) is 0 Å². The number of H-pyrrole nitrogens is 1. The van der Waals surface area contributed by atoms with Crippen LogP contribution in [0.3, 0.4) is 0 Å². The molecule has 1 aromatic carbocycles. The third kappa shape index (κ3) is 4.06. The maximum atomic E-state index is 12.9. The molecule has 1 aliphatic rings. The molecule has 0 spiro atoms. The maximum absolute atomic E-state index is 12.9. The third-order valence-electron chi connectivity index (χ3n) is 5.56. The van der Waals surface area contributed by atoms with Gasteiger partial charge in [-0.05, 0) is 31.9 Å². The maximum Gasteiger partial charge on any atom is 0.257 e. The molecule has 0 unspecified atom stereocenters. The van der Waals surface area contributed by atoms with Crippen molar-refractivity contribution >= 4 is 28.6 Å². The number of hydrogen-bond donors (Lipinski definition) is 2. The summed E-state index contributed by atoms with van der Waals surface area (Å²) in [5.41, 5.74) is 3.70. The second kappa shape index (κ2) is 8.64. The molecule has 1 aliphatic heterocycles. The van der Waals surface area contributed by atoms with Gasteiger partial charge in [0, 0.05) is 64.9 Å². The number of halogens is 1. The zero-order valence-corrected chi connectivity index (χ0v) is 18.2.